The predicted molar refractivity (Wildman–Crippen MR) is 151 cm³/mol. The third-order valence-electron chi connectivity index (χ3n) is 6.58. The molecule has 2 aromatic heterocycles. The summed E-state index contributed by atoms with van der Waals surface area (Å²) in [6.07, 6.45) is 3.05. The van der Waals surface area contributed by atoms with Crippen LogP contribution in [0.4, 0.5) is 5.13 Å². The Balaban J connectivity index is 1.42. The Bertz CT molecular complexity index is 1710. The normalized spacial score (nSPS) is 16.6. The number of amides is 1. The molecule has 0 radical (unpaired) electrons. The minimum Gasteiger partial charge on any atom is -0.507 e. The van der Waals surface area contributed by atoms with E-state index in [2.05, 4.69) is 9.97 Å². The molecule has 3 heterocycles. The van der Waals surface area contributed by atoms with Crippen LogP contribution in [-0.4, -0.2) is 26.8 Å². The topological polar surface area (TPSA) is 92.6 Å². The Labute approximate surface area is 228 Å². The number of aliphatic hydroxyl groups excluding tert-OH is 1. The van der Waals surface area contributed by atoms with Crippen molar-refractivity contribution in [3.63, 3.8) is 0 Å². The van der Waals surface area contributed by atoms with E-state index in [1.54, 1.807) is 36.4 Å². The summed E-state index contributed by atoms with van der Waals surface area (Å²) in [4.78, 5) is 36.9. The summed E-state index contributed by atoms with van der Waals surface area (Å²) < 4.78 is 6.84. The number of ether oxygens (including phenoxy) is 1. The number of rotatable bonds is 6. The fraction of sp³-hybridized carbons (Fsp3) is 0.0968. The molecule has 39 heavy (non-hydrogen) atoms. The second-order valence-electron chi connectivity index (χ2n) is 9.22. The molecule has 0 bridgehead atoms. The Morgan fingerprint density at radius 3 is 2.46 bits per heavy atom. The van der Waals surface area contributed by atoms with Crippen molar-refractivity contribution in [1.82, 2.24) is 9.97 Å². The standard InChI is InChI=1S/C31H23N3O4S/c1-19-7-12-24-25(17-19)39-31(33-24)34-27(26(29(36)30(34)37)28(35)22-13-15-32-16-14-22)21-8-10-23(11-9-21)38-18-20-5-3-2-4-6-20/h2-17,27,35H,18H2,1H3/b28-26+. The lowest BCUT2D eigenvalue weighted by Gasteiger charge is -2.23. The molecule has 0 saturated carbocycles. The number of pyridine rings is 1. The van der Waals surface area contributed by atoms with Gasteiger partial charge < -0.3 is 9.84 Å². The van der Waals surface area contributed by atoms with E-state index in [-0.39, 0.29) is 11.3 Å². The number of hydrogen-bond acceptors (Lipinski definition) is 7. The quantitative estimate of drug-likeness (QED) is 0.159. The van der Waals surface area contributed by atoms with E-state index < -0.39 is 17.7 Å². The lowest BCUT2D eigenvalue weighted by Crippen LogP contribution is -2.29. The maximum Gasteiger partial charge on any atom is 0.301 e. The average molecular weight is 534 g/mol. The maximum absolute atomic E-state index is 13.5. The van der Waals surface area contributed by atoms with Crippen LogP contribution in [0.15, 0.2) is 103 Å². The van der Waals surface area contributed by atoms with Crippen molar-refractivity contribution in [3.8, 4) is 5.75 Å². The summed E-state index contributed by atoms with van der Waals surface area (Å²) in [6.45, 7) is 2.40. The number of hydrogen-bond donors (Lipinski definition) is 1. The number of Topliss-reactive ketones (excluding diaryl/α,β-unsaturated/α-hetero) is 1. The van der Waals surface area contributed by atoms with Crippen molar-refractivity contribution >= 4 is 44.1 Å². The summed E-state index contributed by atoms with van der Waals surface area (Å²) in [5.41, 5.74) is 3.89. The fourth-order valence-corrected chi connectivity index (χ4v) is 5.71. The molecule has 1 aliphatic rings. The molecule has 6 rings (SSSR count). The summed E-state index contributed by atoms with van der Waals surface area (Å²) >= 11 is 1.33. The predicted octanol–water partition coefficient (Wildman–Crippen LogP) is 6.21. The van der Waals surface area contributed by atoms with Gasteiger partial charge >= 0.3 is 5.91 Å². The van der Waals surface area contributed by atoms with Crippen LogP contribution in [0.25, 0.3) is 16.0 Å². The SMILES string of the molecule is Cc1ccc2nc(N3C(=O)C(=O)/C(=C(/O)c4ccncc4)C3c3ccc(OCc4ccccc4)cc3)sc2c1. The van der Waals surface area contributed by atoms with E-state index >= 15 is 0 Å². The van der Waals surface area contributed by atoms with Crippen LogP contribution in [0.3, 0.4) is 0 Å². The van der Waals surface area contributed by atoms with Gasteiger partial charge in [-0.15, -0.1) is 0 Å². The number of carbonyl (C=O) groups excluding carboxylic acids is 2. The number of carbonyl (C=O) groups is 2. The third-order valence-corrected chi connectivity index (χ3v) is 7.60. The molecular weight excluding hydrogens is 510 g/mol. The van der Waals surface area contributed by atoms with Crippen molar-refractivity contribution in [3.05, 3.63) is 125 Å². The van der Waals surface area contributed by atoms with Gasteiger partial charge in [-0.1, -0.05) is 59.9 Å². The Kier molecular flexibility index (Phi) is 6.38. The number of benzene rings is 3. The van der Waals surface area contributed by atoms with Gasteiger partial charge in [0.05, 0.1) is 21.8 Å². The summed E-state index contributed by atoms with van der Waals surface area (Å²) in [6, 6.07) is 25.2. The van der Waals surface area contributed by atoms with Crippen LogP contribution in [0.2, 0.25) is 0 Å². The van der Waals surface area contributed by atoms with Gasteiger partial charge in [0.15, 0.2) is 5.13 Å². The molecule has 1 aliphatic heterocycles. The minimum absolute atomic E-state index is 0.000379. The first-order valence-electron chi connectivity index (χ1n) is 12.3. The molecular formula is C31H23N3O4S. The molecule has 5 aromatic rings. The highest BCUT2D eigenvalue weighted by Gasteiger charge is 2.48. The smallest absolute Gasteiger partial charge is 0.301 e. The number of ketones is 1. The molecule has 192 valence electrons. The molecule has 1 fully saturated rings. The van der Waals surface area contributed by atoms with E-state index in [4.69, 9.17) is 4.74 Å². The van der Waals surface area contributed by atoms with Crippen molar-refractivity contribution in [2.24, 2.45) is 0 Å². The van der Waals surface area contributed by atoms with Crippen molar-refractivity contribution < 1.29 is 19.4 Å². The molecule has 0 spiro atoms. The molecule has 8 heteroatoms. The second kappa shape index (κ2) is 10.2. The van der Waals surface area contributed by atoms with Crippen molar-refractivity contribution in [1.29, 1.82) is 0 Å². The number of thiazole rings is 1. The summed E-state index contributed by atoms with van der Waals surface area (Å²) in [5, 5.41) is 11.6. The lowest BCUT2D eigenvalue weighted by atomic mass is 9.95. The van der Waals surface area contributed by atoms with Crippen LogP contribution in [0.5, 0.6) is 5.75 Å². The van der Waals surface area contributed by atoms with E-state index in [1.165, 1.54) is 28.6 Å². The third kappa shape index (κ3) is 4.66. The van der Waals surface area contributed by atoms with Gasteiger partial charge in [0, 0.05) is 18.0 Å². The molecule has 1 N–H and O–H groups in total. The summed E-state index contributed by atoms with van der Waals surface area (Å²) in [5.74, 6) is -1.13. The first-order chi connectivity index (χ1) is 19.0. The number of aliphatic hydroxyl groups is 1. The molecule has 1 unspecified atom stereocenters. The van der Waals surface area contributed by atoms with Gasteiger partial charge in [0.1, 0.15) is 18.1 Å². The van der Waals surface area contributed by atoms with E-state index in [0.717, 1.165) is 21.3 Å². The van der Waals surface area contributed by atoms with Gasteiger partial charge in [0.2, 0.25) is 0 Å². The molecule has 0 aliphatic carbocycles. The van der Waals surface area contributed by atoms with Crippen molar-refractivity contribution in [2.45, 2.75) is 19.6 Å². The fourth-order valence-electron chi connectivity index (χ4n) is 4.62. The number of aryl methyl sites for hydroxylation is 1. The summed E-state index contributed by atoms with van der Waals surface area (Å²) in [7, 11) is 0. The highest BCUT2D eigenvalue weighted by Crippen LogP contribution is 2.44. The van der Waals surface area contributed by atoms with Crippen LogP contribution in [0.1, 0.15) is 28.3 Å². The first kappa shape index (κ1) is 24.5. The minimum atomic E-state index is -0.872. The van der Waals surface area contributed by atoms with E-state index in [9.17, 15) is 14.7 Å². The van der Waals surface area contributed by atoms with Gasteiger partial charge in [-0.3, -0.25) is 19.5 Å². The van der Waals surface area contributed by atoms with E-state index in [0.29, 0.717) is 28.6 Å². The van der Waals surface area contributed by atoms with Crippen molar-refractivity contribution in [2.75, 3.05) is 4.90 Å². The molecule has 1 amide bonds. The molecule has 3 aromatic carbocycles. The number of nitrogens with zero attached hydrogens (tertiary/aromatic N) is 3. The van der Waals surface area contributed by atoms with Gasteiger partial charge in [-0.05, 0) is 60.0 Å². The average Bonchev–Trinajstić information content (AvgIpc) is 3.50. The first-order valence-corrected chi connectivity index (χ1v) is 13.2. The highest BCUT2D eigenvalue weighted by molar-refractivity contribution is 7.22. The molecule has 1 saturated heterocycles. The van der Waals surface area contributed by atoms with Gasteiger partial charge in [-0.2, -0.15) is 0 Å². The maximum atomic E-state index is 13.5. The number of fused-ring (bicyclic) bond motifs is 1. The highest BCUT2D eigenvalue weighted by atomic mass is 32.1. The Morgan fingerprint density at radius 2 is 1.72 bits per heavy atom. The van der Waals surface area contributed by atoms with Crippen LogP contribution < -0.4 is 9.64 Å². The zero-order valence-corrected chi connectivity index (χ0v) is 21.8. The van der Waals surface area contributed by atoms with Crippen LogP contribution in [-0.2, 0) is 16.2 Å². The number of aromatic nitrogens is 2. The monoisotopic (exact) mass is 533 g/mol. The molecule has 7 nitrogen and oxygen atoms in total. The second-order valence-corrected chi connectivity index (χ2v) is 10.2. The van der Waals surface area contributed by atoms with Crippen LogP contribution in [0, 0.1) is 6.92 Å². The van der Waals surface area contributed by atoms with Gasteiger partial charge in [0.25, 0.3) is 5.78 Å². The Hall–Kier alpha value is -4.82. The number of anilines is 1. The molecule has 1 atom stereocenters. The lowest BCUT2D eigenvalue weighted by molar-refractivity contribution is -0.132. The van der Waals surface area contributed by atoms with Gasteiger partial charge in [-0.25, -0.2) is 4.98 Å². The zero-order valence-electron chi connectivity index (χ0n) is 20.9. The largest absolute Gasteiger partial charge is 0.507 e. The van der Waals surface area contributed by atoms with E-state index in [1.807, 2.05) is 55.5 Å². The Morgan fingerprint density at radius 1 is 0.974 bits per heavy atom. The van der Waals surface area contributed by atoms with Crippen LogP contribution >= 0.6 is 11.3 Å². The zero-order chi connectivity index (χ0) is 26.9.